The molecule has 328 valence electrons. The van der Waals surface area contributed by atoms with Gasteiger partial charge in [0.2, 0.25) is 0 Å². The third kappa shape index (κ3) is 6.01. The topological polar surface area (TPSA) is 11.4 Å². The summed E-state index contributed by atoms with van der Waals surface area (Å²) in [5.41, 5.74) is 22.2. The average molecular weight is 892 g/mol. The van der Waals surface area contributed by atoms with E-state index in [4.69, 9.17) is 0 Å². The standard InChI is InChI=1S/C67H45N3/c1-5-19-46(20-6-1)47-33-35-51(36-34-47)69(54-38-41-59-58-29-15-18-32-65(58)70(66(59)45-54)50-25-11-4-12-26-50)53-37-40-57-55-27-13-16-30-61(55)67(64(57)44-53)62-31-17-14-28-56(62)60-43-52(39-42-63(60)67)68(48-21-7-2-8-22-48)49-23-9-3-10-24-49/h1-45H. The van der Waals surface area contributed by atoms with Crippen LogP contribution in [0.25, 0.3) is 60.9 Å². The molecule has 1 heterocycles. The zero-order chi connectivity index (χ0) is 46.2. The van der Waals surface area contributed by atoms with Gasteiger partial charge in [-0.25, -0.2) is 0 Å². The molecule has 1 aromatic heterocycles. The van der Waals surface area contributed by atoms with Crippen molar-refractivity contribution >= 4 is 55.9 Å². The molecule has 14 rings (SSSR count). The highest BCUT2D eigenvalue weighted by atomic mass is 15.1. The van der Waals surface area contributed by atoms with Crippen LogP contribution >= 0.6 is 0 Å². The molecule has 0 saturated heterocycles. The van der Waals surface area contributed by atoms with E-state index in [-0.39, 0.29) is 0 Å². The second kappa shape index (κ2) is 16.0. The summed E-state index contributed by atoms with van der Waals surface area (Å²) in [6.07, 6.45) is 0. The lowest BCUT2D eigenvalue weighted by atomic mass is 9.70. The fourth-order valence-electron chi connectivity index (χ4n) is 11.8. The maximum atomic E-state index is 2.50. The van der Waals surface area contributed by atoms with Gasteiger partial charge in [-0.3, -0.25) is 0 Å². The van der Waals surface area contributed by atoms with E-state index in [1.165, 1.54) is 71.9 Å². The quantitative estimate of drug-likeness (QED) is 0.151. The first-order valence-corrected chi connectivity index (χ1v) is 24.2. The number of aromatic nitrogens is 1. The van der Waals surface area contributed by atoms with Crippen molar-refractivity contribution in [1.82, 2.24) is 4.57 Å². The molecule has 1 spiro atoms. The first kappa shape index (κ1) is 39.9. The molecule has 0 bridgehead atoms. The highest BCUT2D eigenvalue weighted by molar-refractivity contribution is 6.10. The Morgan fingerprint density at radius 2 is 0.700 bits per heavy atom. The van der Waals surface area contributed by atoms with Gasteiger partial charge >= 0.3 is 0 Å². The molecule has 0 fully saturated rings. The van der Waals surface area contributed by atoms with Crippen molar-refractivity contribution in [2.24, 2.45) is 0 Å². The number of rotatable bonds is 8. The molecular weight excluding hydrogens is 847 g/mol. The van der Waals surface area contributed by atoms with E-state index in [1.807, 2.05) is 0 Å². The van der Waals surface area contributed by atoms with Crippen LogP contribution in [0.5, 0.6) is 0 Å². The fourth-order valence-corrected chi connectivity index (χ4v) is 11.8. The van der Waals surface area contributed by atoms with Crippen molar-refractivity contribution in [2.75, 3.05) is 9.80 Å². The smallest absolute Gasteiger partial charge is 0.0726 e. The van der Waals surface area contributed by atoms with Gasteiger partial charge in [-0.15, -0.1) is 0 Å². The van der Waals surface area contributed by atoms with Crippen molar-refractivity contribution in [3.05, 3.63) is 295 Å². The Morgan fingerprint density at radius 1 is 0.257 bits per heavy atom. The SMILES string of the molecule is c1ccc(-c2ccc(N(c3ccc4c(c3)C3(c5ccccc5-c5cc(N(c6ccccc6)c6ccccc6)ccc53)c3ccccc3-4)c3ccc4c5ccccc5n(-c5ccccc5)c4c3)cc2)cc1. The zero-order valence-corrected chi connectivity index (χ0v) is 38.3. The second-order valence-corrected chi connectivity index (χ2v) is 18.4. The lowest BCUT2D eigenvalue weighted by Gasteiger charge is -2.32. The van der Waals surface area contributed by atoms with E-state index in [0.717, 1.165) is 45.3 Å². The number of fused-ring (bicyclic) bond motifs is 13. The van der Waals surface area contributed by atoms with Gasteiger partial charge in [-0.1, -0.05) is 182 Å². The molecule has 1 atom stereocenters. The number of anilines is 6. The number of hydrogen-bond acceptors (Lipinski definition) is 2. The number of hydrogen-bond donors (Lipinski definition) is 0. The summed E-state index contributed by atoms with van der Waals surface area (Å²) in [4.78, 5) is 4.83. The lowest BCUT2D eigenvalue weighted by Crippen LogP contribution is -2.26. The summed E-state index contributed by atoms with van der Waals surface area (Å²) in [5, 5.41) is 2.46. The van der Waals surface area contributed by atoms with Crippen LogP contribution in [-0.2, 0) is 5.41 Å². The van der Waals surface area contributed by atoms with Gasteiger partial charge in [0, 0.05) is 50.6 Å². The van der Waals surface area contributed by atoms with Crippen LogP contribution in [0.15, 0.2) is 273 Å². The Hall–Kier alpha value is -9.18. The van der Waals surface area contributed by atoms with Crippen LogP contribution in [0.3, 0.4) is 0 Å². The molecule has 2 aliphatic carbocycles. The van der Waals surface area contributed by atoms with Crippen molar-refractivity contribution in [3.63, 3.8) is 0 Å². The van der Waals surface area contributed by atoms with Gasteiger partial charge in [0.1, 0.15) is 0 Å². The van der Waals surface area contributed by atoms with E-state index in [0.29, 0.717) is 0 Å². The van der Waals surface area contributed by atoms with Gasteiger partial charge in [-0.05, 0) is 147 Å². The van der Waals surface area contributed by atoms with Gasteiger partial charge in [0.05, 0.1) is 16.4 Å². The second-order valence-electron chi connectivity index (χ2n) is 18.4. The van der Waals surface area contributed by atoms with Crippen molar-refractivity contribution in [1.29, 1.82) is 0 Å². The lowest BCUT2D eigenvalue weighted by molar-refractivity contribution is 0.793. The summed E-state index contributed by atoms with van der Waals surface area (Å²) in [6, 6.07) is 100. The molecule has 3 heteroatoms. The summed E-state index contributed by atoms with van der Waals surface area (Å²) >= 11 is 0. The maximum absolute atomic E-state index is 2.50. The molecule has 0 saturated carbocycles. The van der Waals surface area contributed by atoms with Crippen LogP contribution in [0.1, 0.15) is 22.3 Å². The first-order valence-electron chi connectivity index (χ1n) is 24.2. The third-order valence-electron chi connectivity index (χ3n) is 14.8. The number of nitrogens with zero attached hydrogens (tertiary/aromatic N) is 3. The summed E-state index contributed by atoms with van der Waals surface area (Å²) in [7, 11) is 0. The first-order chi connectivity index (χ1) is 34.7. The Kier molecular flexibility index (Phi) is 9.11. The largest absolute Gasteiger partial charge is 0.310 e. The molecule has 12 aromatic rings. The minimum Gasteiger partial charge on any atom is -0.310 e. The molecule has 2 aliphatic rings. The van der Waals surface area contributed by atoms with Crippen LogP contribution in [0.4, 0.5) is 34.1 Å². The zero-order valence-electron chi connectivity index (χ0n) is 38.3. The fraction of sp³-hybridized carbons (Fsp3) is 0.0149. The molecule has 3 nitrogen and oxygen atoms in total. The summed E-state index contributed by atoms with van der Waals surface area (Å²) in [5.74, 6) is 0. The average Bonchev–Trinajstić information content (AvgIpc) is 4.04. The Morgan fingerprint density at radius 3 is 1.40 bits per heavy atom. The molecule has 0 N–H and O–H groups in total. The molecule has 1 unspecified atom stereocenters. The van der Waals surface area contributed by atoms with Gasteiger partial charge in [-0.2, -0.15) is 0 Å². The third-order valence-corrected chi connectivity index (χ3v) is 14.8. The Balaban J connectivity index is 0.997. The molecule has 0 aliphatic heterocycles. The molecule has 0 radical (unpaired) electrons. The predicted molar refractivity (Wildman–Crippen MR) is 292 cm³/mol. The number of benzene rings is 11. The predicted octanol–water partition coefficient (Wildman–Crippen LogP) is 17.7. The van der Waals surface area contributed by atoms with E-state index in [1.54, 1.807) is 0 Å². The van der Waals surface area contributed by atoms with Crippen LogP contribution in [-0.4, -0.2) is 4.57 Å². The molecule has 70 heavy (non-hydrogen) atoms. The van der Waals surface area contributed by atoms with Gasteiger partial charge < -0.3 is 14.4 Å². The minimum atomic E-state index is -0.552. The van der Waals surface area contributed by atoms with Gasteiger partial charge in [0.15, 0.2) is 0 Å². The molecule has 11 aromatic carbocycles. The molecular formula is C67H45N3. The van der Waals surface area contributed by atoms with E-state index >= 15 is 0 Å². The summed E-state index contributed by atoms with van der Waals surface area (Å²) in [6.45, 7) is 0. The maximum Gasteiger partial charge on any atom is 0.0726 e. The van der Waals surface area contributed by atoms with E-state index < -0.39 is 5.41 Å². The van der Waals surface area contributed by atoms with Crippen molar-refractivity contribution in [2.45, 2.75) is 5.41 Å². The van der Waals surface area contributed by atoms with E-state index in [2.05, 4.69) is 287 Å². The number of para-hydroxylation sites is 4. The van der Waals surface area contributed by atoms with Crippen molar-refractivity contribution in [3.8, 4) is 39.1 Å². The van der Waals surface area contributed by atoms with Crippen LogP contribution < -0.4 is 9.80 Å². The Bertz CT molecular complexity index is 3900. The van der Waals surface area contributed by atoms with E-state index in [9.17, 15) is 0 Å². The van der Waals surface area contributed by atoms with Crippen molar-refractivity contribution < 1.29 is 0 Å². The highest BCUT2D eigenvalue weighted by Crippen LogP contribution is 2.64. The normalized spacial score (nSPS) is 14.1. The minimum absolute atomic E-state index is 0.552. The van der Waals surface area contributed by atoms with Crippen LogP contribution in [0.2, 0.25) is 0 Å². The Labute approximate surface area is 408 Å². The van der Waals surface area contributed by atoms with Crippen LogP contribution in [0, 0.1) is 0 Å². The van der Waals surface area contributed by atoms with Gasteiger partial charge in [0.25, 0.3) is 0 Å². The highest BCUT2D eigenvalue weighted by Gasteiger charge is 2.52. The molecule has 0 amide bonds. The summed E-state index contributed by atoms with van der Waals surface area (Å²) < 4.78 is 2.41. The monoisotopic (exact) mass is 891 g/mol.